The maximum atomic E-state index is 6.26. The number of anilines is 1. The van der Waals surface area contributed by atoms with Crippen LogP contribution >= 0.6 is 34.5 Å². The molecule has 6 nitrogen and oxygen atoms in total. The second-order valence-corrected chi connectivity index (χ2v) is 8.17. The van der Waals surface area contributed by atoms with E-state index in [1.807, 2.05) is 17.5 Å². The smallest absolute Gasteiger partial charge is 0.227 e. The molecule has 0 unspecified atom stereocenters. The number of halogens is 2. The molecule has 1 fully saturated rings. The van der Waals surface area contributed by atoms with Gasteiger partial charge in [-0.25, -0.2) is 4.98 Å². The molecule has 4 rings (SSSR count). The van der Waals surface area contributed by atoms with Gasteiger partial charge in [-0.2, -0.15) is 4.98 Å². The van der Waals surface area contributed by atoms with Gasteiger partial charge < -0.3 is 9.42 Å². The lowest BCUT2D eigenvalue weighted by atomic mass is 10.2. The first kappa shape index (κ1) is 18.7. The fourth-order valence-corrected chi connectivity index (χ4v) is 4.29. The molecular formula is C18H19Cl2N5OS. The summed E-state index contributed by atoms with van der Waals surface area (Å²) < 4.78 is 5.36. The zero-order valence-corrected chi connectivity index (χ0v) is 17.0. The minimum atomic E-state index is 0.561. The Kier molecular flexibility index (Phi) is 5.92. The second kappa shape index (κ2) is 8.56. The summed E-state index contributed by atoms with van der Waals surface area (Å²) in [5, 5.41) is 7.24. The summed E-state index contributed by atoms with van der Waals surface area (Å²) in [7, 11) is 0. The van der Waals surface area contributed by atoms with Gasteiger partial charge in [-0.15, -0.1) is 11.3 Å². The lowest BCUT2D eigenvalue weighted by Gasteiger charge is -2.35. The molecular weight excluding hydrogens is 405 g/mol. The molecule has 0 aromatic carbocycles. The molecule has 0 atom stereocenters. The van der Waals surface area contributed by atoms with Crippen LogP contribution in [0.25, 0.3) is 10.7 Å². The van der Waals surface area contributed by atoms with Gasteiger partial charge in [-0.1, -0.05) is 34.4 Å². The van der Waals surface area contributed by atoms with Gasteiger partial charge in [0.05, 0.1) is 14.9 Å². The largest absolute Gasteiger partial charge is 0.353 e. The summed E-state index contributed by atoms with van der Waals surface area (Å²) in [5.74, 6) is 2.20. The van der Waals surface area contributed by atoms with E-state index in [0.717, 1.165) is 56.3 Å². The van der Waals surface area contributed by atoms with E-state index < -0.39 is 0 Å². The maximum Gasteiger partial charge on any atom is 0.227 e. The van der Waals surface area contributed by atoms with Gasteiger partial charge in [0.1, 0.15) is 5.82 Å². The fourth-order valence-electron chi connectivity index (χ4n) is 3.14. The minimum absolute atomic E-state index is 0.561. The molecule has 0 saturated carbocycles. The van der Waals surface area contributed by atoms with Crippen LogP contribution in [0.5, 0.6) is 0 Å². The van der Waals surface area contributed by atoms with E-state index >= 15 is 0 Å². The number of thiophene rings is 1. The van der Waals surface area contributed by atoms with E-state index in [9.17, 15) is 0 Å². The molecule has 3 aromatic rings. The third kappa shape index (κ3) is 4.60. The van der Waals surface area contributed by atoms with Crippen molar-refractivity contribution in [3.05, 3.63) is 45.7 Å². The Labute approximate surface area is 171 Å². The number of nitrogens with zero attached hydrogens (tertiary/aromatic N) is 5. The zero-order chi connectivity index (χ0) is 18.6. The third-order valence-electron chi connectivity index (χ3n) is 4.53. The lowest BCUT2D eigenvalue weighted by Crippen LogP contribution is -2.47. The second-order valence-electron chi connectivity index (χ2n) is 6.38. The summed E-state index contributed by atoms with van der Waals surface area (Å²) in [5.41, 5.74) is 0. The van der Waals surface area contributed by atoms with Crippen molar-refractivity contribution in [1.82, 2.24) is 20.0 Å². The molecule has 27 heavy (non-hydrogen) atoms. The van der Waals surface area contributed by atoms with E-state index in [1.165, 1.54) is 0 Å². The highest BCUT2D eigenvalue weighted by Gasteiger charge is 2.20. The summed E-state index contributed by atoms with van der Waals surface area (Å²) >= 11 is 13.8. The molecule has 0 bridgehead atoms. The number of hydrogen-bond donors (Lipinski definition) is 0. The van der Waals surface area contributed by atoms with Crippen molar-refractivity contribution in [2.24, 2.45) is 0 Å². The molecule has 1 aliphatic heterocycles. The molecule has 142 valence electrons. The van der Waals surface area contributed by atoms with Gasteiger partial charge >= 0.3 is 0 Å². The quantitative estimate of drug-likeness (QED) is 0.590. The Morgan fingerprint density at radius 1 is 1.19 bits per heavy atom. The van der Waals surface area contributed by atoms with E-state index in [4.69, 9.17) is 27.7 Å². The van der Waals surface area contributed by atoms with Gasteiger partial charge in [-0.05, 0) is 30.5 Å². The van der Waals surface area contributed by atoms with Gasteiger partial charge in [0.25, 0.3) is 0 Å². The van der Waals surface area contributed by atoms with Crippen LogP contribution in [0.15, 0.2) is 34.3 Å². The van der Waals surface area contributed by atoms with Crippen LogP contribution < -0.4 is 4.90 Å². The Balaban J connectivity index is 1.23. The predicted octanol–water partition coefficient (Wildman–Crippen LogP) is 4.25. The maximum absolute atomic E-state index is 6.26. The molecule has 1 aliphatic rings. The number of rotatable bonds is 6. The Morgan fingerprint density at radius 3 is 2.78 bits per heavy atom. The molecule has 1 saturated heterocycles. The van der Waals surface area contributed by atoms with Gasteiger partial charge in [0.15, 0.2) is 0 Å². The molecule has 0 amide bonds. The number of pyridine rings is 1. The number of piperazine rings is 1. The van der Waals surface area contributed by atoms with Crippen molar-refractivity contribution in [2.75, 3.05) is 37.6 Å². The third-order valence-corrected chi connectivity index (χ3v) is 5.89. The van der Waals surface area contributed by atoms with E-state index in [2.05, 4.69) is 24.9 Å². The summed E-state index contributed by atoms with van der Waals surface area (Å²) in [4.78, 5) is 14.5. The molecule has 0 radical (unpaired) electrons. The number of aromatic nitrogens is 3. The first-order chi connectivity index (χ1) is 13.2. The predicted molar refractivity (Wildman–Crippen MR) is 109 cm³/mol. The van der Waals surface area contributed by atoms with E-state index in [-0.39, 0.29) is 0 Å². The van der Waals surface area contributed by atoms with E-state index in [1.54, 1.807) is 23.6 Å². The van der Waals surface area contributed by atoms with Crippen LogP contribution in [0.3, 0.4) is 0 Å². The Bertz CT molecular complexity index is 878. The summed E-state index contributed by atoms with van der Waals surface area (Å²) in [6.07, 6.45) is 3.43. The van der Waals surface area contributed by atoms with Crippen LogP contribution in [-0.2, 0) is 6.42 Å². The van der Waals surface area contributed by atoms with Crippen molar-refractivity contribution in [1.29, 1.82) is 0 Å². The highest BCUT2D eigenvalue weighted by molar-refractivity contribution is 7.13. The average Bonchev–Trinajstić information content (AvgIpc) is 3.34. The monoisotopic (exact) mass is 423 g/mol. The zero-order valence-electron chi connectivity index (χ0n) is 14.6. The van der Waals surface area contributed by atoms with Gasteiger partial charge in [0, 0.05) is 38.8 Å². The van der Waals surface area contributed by atoms with Crippen LogP contribution in [0.1, 0.15) is 12.3 Å². The SMILES string of the molecule is Clc1cnc(N2CCN(CCCc3nc(-c4cccs4)no3)CC2)c(Cl)c1. The molecule has 4 heterocycles. The van der Waals surface area contributed by atoms with Crippen LogP contribution in [0, 0.1) is 0 Å². The minimum Gasteiger partial charge on any atom is -0.353 e. The molecule has 3 aromatic heterocycles. The van der Waals surface area contributed by atoms with Crippen molar-refractivity contribution in [3.8, 4) is 10.7 Å². The molecule has 0 N–H and O–H groups in total. The summed E-state index contributed by atoms with van der Waals surface area (Å²) in [6.45, 7) is 4.76. The van der Waals surface area contributed by atoms with Crippen LogP contribution in [-0.4, -0.2) is 52.7 Å². The van der Waals surface area contributed by atoms with Gasteiger partial charge in [0.2, 0.25) is 11.7 Å². The highest BCUT2D eigenvalue weighted by Crippen LogP contribution is 2.27. The molecule has 9 heteroatoms. The van der Waals surface area contributed by atoms with E-state index in [0.29, 0.717) is 21.8 Å². The molecule has 0 spiro atoms. The molecule has 0 aliphatic carbocycles. The Hall–Kier alpha value is -1.67. The van der Waals surface area contributed by atoms with Crippen LogP contribution in [0.2, 0.25) is 10.0 Å². The first-order valence-electron chi connectivity index (χ1n) is 8.84. The van der Waals surface area contributed by atoms with Crippen LogP contribution in [0.4, 0.5) is 5.82 Å². The van der Waals surface area contributed by atoms with Crippen molar-refractivity contribution < 1.29 is 4.52 Å². The number of hydrogen-bond acceptors (Lipinski definition) is 7. The standard InChI is InChI=1S/C18H19Cl2N5OS/c19-13-11-14(20)18(21-12-13)25-8-6-24(7-9-25)5-1-4-16-22-17(23-26-16)15-3-2-10-27-15/h2-3,10-12H,1,4-9H2. The summed E-state index contributed by atoms with van der Waals surface area (Å²) in [6, 6.07) is 5.73. The van der Waals surface area contributed by atoms with Crippen molar-refractivity contribution in [3.63, 3.8) is 0 Å². The highest BCUT2D eigenvalue weighted by atomic mass is 35.5. The fraction of sp³-hybridized carbons (Fsp3) is 0.389. The topological polar surface area (TPSA) is 58.3 Å². The average molecular weight is 424 g/mol. The first-order valence-corrected chi connectivity index (χ1v) is 10.5. The van der Waals surface area contributed by atoms with Gasteiger partial charge in [-0.3, -0.25) is 4.90 Å². The normalized spacial score (nSPS) is 15.4. The van der Waals surface area contributed by atoms with Crippen molar-refractivity contribution >= 4 is 40.4 Å². The Morgan fingerprint density at radius 2 is 2.04 bits per heavy atom. The van der Waals surface area contributed by atoms with Crippen molar-refractivity contribution in [2.45, 2.75) is 12.8 Å². The lowest BCUT2D eigenvalue weighted by molar-refractivity contribution is 0.250. The number of aryl methyl sites for hydroxylation is 1.